The number of hydrogen-bond acceptors (Lipinski definition) is 5. The molecule has 0 radical (unpaired) electrons. The highest BCUT2D eigenvalue weighted by Crippen LogP contribution is 2.18. The van der Waals surface area contributed by atoms with Crippen molar-refractivity contribution in [2.24, 2.45) is 0 Å². The number of rotatable bonds is 0. The Kier molecular flexibility index (Phi) is 1.89. The van der Waals surface area contributed by atoms with Crippen LogP contribution < -0.4 is 4.90 Å². The average Bonchev–Trinajstić information content (AvgIpc) is 2.29. The van der Waals surface area contributed by atoms with E-state index in [4.69, 9.17) is 9.78 Å². The van der Waals surface area contributed by atoms with Crippen LogP contribution in [-0.2, 0) is 16.4 Å². The molecule has 12 heavy (non-hydrogen) atoms. The first-order valence-corrected chi connectivity index (χ1v) is 3.62. The zero-order chi connectivity index (χ0) is 8.39. The van der Waals surface area contributed by atoms with E-state index in [2.05, 4.69) is 9.97 Å². The fourth-order valence-corrected chi connectivity index (χ4v) is 1.08. The predicted octanol–water partition coefficient (Wildman–Crippen LogP) is 0.332. The van der Waals surface area contributed by atoms with Gasteiger partial charge in [-0.15, -0.1) is 0 Å². The third kappa shape index (κ3) is 1.24. The molecular formula is C7H9N3O2. The molecule has 1 aromatic heterocycles. The second-order valence-corrected chi connectivity index (χ2v) is 2.58. The van der Waals surface area contributed by atoms with Crippen LogP contribution in [0, 0.1) is 0 Å². The molecule has 0 unspecified atom stereocenters. The van der Waals surface area contributed by atoms with Crippen molar-refractivity contribution in [3.05, 3.63) is 18.1 Å². The van der Waals surface area contributed by atoms with Crippen molar-refractivity contribution >= 4 is 5.82 Å². The molecule has 2 rings (SSSR count). The highest BCUT2D eigenvalue weighted by Gasteiger charge is 2.13. The molecule has 0 aromatic carbocycles. The van der Waals surface area contributed by atoms with Crippen LogP contribution in [0.3, 0.4) is 0 Å². The summed E-state index contributed by atoms with van der Waals surface area (Å²) in [5.41, 5.74) is 0.942. The standard InChI is InChI=1S/C7H9N3O2/c1-10-5-12-11-3-6-2-8-4-9-7(6)10/h2,4H,3,5H2,1H3. The molecule has 0 amide bonds. The molecule has 5 heteroatoms. The first-order chi connectivity index (χ1) is 5.88. The van der Waals surface area contributed by atoms with Crippen molar-refractivity contribution in [1.29, 1.82) is 0 Å². The fourth-order valence-electron chi connectivity index (χ4n) is 1.08. The van der Waals surface area contributed by atoms with Crippen molar-refractivity contribution in [2.75, 3.05) is 18.7 Å². The van der Waals surface area contributed by atoms with E-state index >= 15 is 0 Å². The number of fused-ring (bicyclic) bond motifs is 1. The van der Waals surface area contributed by atoms with Gasteiger partial charge >= 0.3 is 0 Å². The predicted molar refractivity (Wildman–Crippen MR) is 41.2 cm³/mol. The van der Waals surface area contributed by atoms with Crippen LogP contribution in [0.5, 0.6) is 0 Å². The monoisotopic (exact) mass is 167 g/mol. The second-order valence-electron chi connectivity index (χ2n) is 2.58. The Labute approximate surface area is 69.9 Å². The van der Waals surface area contributed by atoms with Gasteiger partial charge in [-0.3, -0.25) is 0 Å². The van der Waals surface area contributed by atoms with Crippen LogP contribution in [0.2, 0.25) is 0 Å². The van der Waals surface area contributed by atoms with Gasteiger partial charge in [0.1, 0.15) is 18.8 Å². The van der Waals surface area contributed by atoms with Crippen molar-refractivity contribution in [3.63, 3.8) is 0 Å². The first kappa shape index (κ1) is 7.45. The minimum Gasteiger partial charge on any atom is -0.334 e. The lowest BCUT2D eigenvalue weighted by Crippen LogP contribution is -2.20. The smallest absolute Gasteiger partial charge is 0.155 e. The molecule has 0 saturated heterocycles. The van der Waals surface area contributed by atoms with E-state index in [1.165, 1.54) is 6.33 Å². The van der Waals surface area contributed by atoms with Gasteiger partial charge in [-0.1, -0.05) is 0 Å². The Morgan fingerprint density at radius 2 is 2.42 bits per heavy atom. The topological polar surface area (TPSA) is 47.5 Å². The van der Waals surface area contributed by atoms with Crippen molar-refractivity contribution in [1.82, 2.24) is 9.97 Å². The van der Waals surface area contributed by atoms with E-state index in [-0.39, 0.29) is 0 Å². The van der Waals surface area contributed by atoms with Gasteiger partial charge in [0.15, 0.2) is 6.73 Å². The molecule has 1 aliphatic heterocycles. The number of aromatic nitrogens is 2. The molecule has 0 aliphatic carbocycles. The third-order valence-electron chi connectivity index (χ3n) is 1.67. The third-order valence-corrected chi connectivity index (χ3v) is 1.67. The molecule has 0 atom stereocenters. The lowest BCUT2D eigenvalue weighted by atomic mass is 10.3. The van der Waals surface area contributed by atoms with Crippen molar-refractivity contribution in [3.8, 4) is 0 Å². The second kappa shape index (κ2) is 3.04. The van der Waals surface area contributed by atoms with E-state index in [9.17, 15) is 0 Å². The summed E-state index contributed by atoms with van der Waals surface area (Å²) in [6, 6.07) is 0. The number of anilines is 1. The van der Waals surface area contributed by atoms with E-state index in [0.717, 1.165) is 11.4 Å². The molecule has 2 heterocycles. The average molecular weight is 167 g/mol. The van der Waals surface area contributed by atoms with Crippen LogP contribution in [-0.4, -0.2) is 23.7 Å². The molecule has 5 nitrogen and oxygen atoms in total. The largest absolute Gasteiger partial charge is 0.334 e. The summed E-state index contributed by atoms with van der Waals surface area (Å²) in [4.78, 5) is 19.6. The highest BCUT2D eigenvalue weighted by atomic mass is 17.2. The van der Waals surface area contributed by atoms with Crippen LogP contribution in [0.1, 0.15) is 5.56 Å². The van der Waals surface area contributed by atoms with E-state index in [1.54, 1.807) is 6.20 Å². The van der Waals surface area contributed by atoms with Crippen molar-refractivity contribution < 1.29 is 9.78 Å². The maximum absolute atomic E-state index is 4.87. The van der Waals surface area contributed by atoms with Gasteiger partial charge < -0.3 is 4.90 Å². The molecule has 0 fully saturated rings. The van der Waals surface area contributed by atoms with Crippen LogP contribution >= 0.6 is 0 Å². The Balaban J connectivity index is 2.39. The molecule has 64 valence electrons. The highest BCUT2D eigenvalue weighted by molar-refractivity contribution is 5.43. The van der Waals surface area contributed by atoms with E-state index in [0.29, 0.717) is 13.3 Å². The summed E-state index contributed by atoms with van der Waals surface area (Å²) in [6.45, 7) is 0.796. The Morgan fingerprint density at radius 3 is 3.33 bits per heavy atom. The normalized spacial score (nSPS) is 16.9. The minimum absolute atomic E-state index is 0.393. The van der Waals surface area contributed by atoms with Crippen LogP contribution in [0.4, 0.5) is 5.82 Å². The van der Waals surface area contributed by atoms with Gasteiger partial charge in [0, 0.05) is 18.8 Å². The van der Waals surface area contributed by atoms with E-state index in [1.807, 2.05) is 11.9 Å². The van der Waals surface area contributed by atoms with E-state index < -0.39 is 0 Å². The lowest BCUT2D eigenvalue weighted by Gasteiger charge is -2.14. The summed E-state index contributed by atoms with van der Waals surface area (Å²) in [5, 5.41) is 0. The molecule has 1 aromatic rings. The lowest BCUT2D eigenvalue weighted by molar-refractivity contribution is -0.299. The summed E-state index contributed by atoms with van der Waals surface area (Å²) in [5.74, 6) is 0.863. The molecule has 0 spiro atoms. The van der Waals surface area contributed by atoms with Gasteiger partial charge in [-0.05, 0) is 0 Å². The quantitative estimate of drug-likeness (QED) is 0.521. The number of hydrogen-bond donors (Lipinski definition) is 0. The van der Waals surface area contributed by atoms with Gasteiger partial charge in [-0.2, -0.15) is 0 Å². The van der Waals surface area contributed by atoms with Crippen LogP contribution in [0.15, 0.2) is 12.5 Å². The molecule has 0 N–H and O–H groups in total. The summed E-state index contributed by atoms with van der Waals surface area (Å²) >= 11 is 0. The molecule has 0 saturated carbocycles. The van der Waals surface area contributed by atoms with Gasteiger partial charge in [0.25, 0.3) is 0 Å². The van der Waals surface area contributed by atoms with Gasteiger partial charge in [-0.25, -0.2) is 19.7 Å². The Hall–Kier alpha value is -1.20. The summed E-state index contributed by atoms with van der Waals surface area (Å²) < 4.78 is 0. The summed E-state index contributed by atoms with van der Waals surface area (Å²) in [6.07, 6.45) is 3.24. The molecular weight excluding hydrogens is 158 g/mol. The minimum atomic E-state index is 0.393. The SMILES string of the molecule is CN1COOCc2cncnc21. The summed E-state index contributed by atoms with van der Waals surface area (Å²) in [7, 11) is 1.89. The Bertz CT molecular complexity index is 279. The van der Waals surface area contributed by atoms with Gasteiger partial charge in [0.05, 0.1) is 0 Å². The molecule has 1 aliphatic rings. The van der Waals surface area contributed by atoms with Crippen molar-refractivity contribution in [2.45, 2.75) is 6.61 Å². The Morgan fingerprint density at radius 1 is 1.50 bits per heavy atom. The zero-order valence-corrected chi connectivity index (χ0v) is 6.73. The maximum atomic E-state index is 4.87. The van der Waals surface area contributed by atoms with Crippen LogP contribution in [0.25, 0.3) is 0 Å². The maximum Gasteiger partial charge on any atom is 0.155 e. The zero-order valence-electron chi connectivity index (χ0n) is 6.73. The number of nitrogens with zero attached hydrogens (tertiary/aromatic N) is 3. The first-order valence-electron chi connectivity index (χ1n) is 3.62. The van der Waals surface area contributed by atoms with Gasteiger partial charge in [0.2, 0.25) is 0 Å². The fraction of sp³-hybridized carbons (Fsp3) is 0.429. The molecule has 0 bridgehead atoms.